The van der Waals surface area contributed by atoms with Crippen molar-refractivity contribution in [2.75, 3.05) is 6.61 Å². The first-order valence-corrected chi connectivity index (χ1v) is 12.0. The Hall–Kier alpha value is -3.35. The van der Waals surface area contributed by atoms with Gasteiger partial charge in [-0.3, -0.25) is 9.59 Å². The van der Waals surface area contributed by atoms with Gasteiger partial charge in [0.05, 0.1) is 12.0 Å². The van der Waals surface area contributed by atoms with E-state index in [1.807, 2.05) is 31.2 Å². The van der Waals surface area contributed by atoms with Crippen LogP contribution >= 0.6 is 0 Å². The number of rotatable bonds is 9. The molecule has 180 valence electrons. The summed E-state index contributed by atoms with van der Waals surface area (Å²) in [5.41, 5.74) is 3.94. The van der Waals surface area contributed by atoms with Crippen LogP contribution in [-0.4, -0.2) is 41.3 Å². The van der Waals surface area contributed by atoms with Crippen LogP contribution in [0.15, 0.2) is 48.5 Å². The van der Waals surface area contributed by atoms with Gasteiger partial charge in [0.2, 0.25) is 5.91 Å². The molecule has 1 unspecified atom stereocenters. The van der Waals surface area contributed by atoms with Crippen LogP contribution in [0.3, 0.4) is 0 Å². The zero-order chi connectivity index (χ0) is 24.1. The summed E-state index contributed by atoms with van der Waals surface area (Å²) in [6, 6.07) is 15.9. The van der Waals surface area contributed by atoms with E-state index < -0.39 is 17.6 Å². The smallest absolute Gasteiger partial charge is 0.407 e. The molecule has 1 fully saturated rings. The minimum Gasteiger partial charge on any atom is -0.481 e. The van der Waals surface area contributed by atoms with Crippen molar-refractivity contribution in [3.63, 3.8) is 0 Å². The fraction of sp³-hybridized carbons (Fsp3) is 0.444. The van der Waals surface area contributed by atoms with Crippen LogP contribution in [0.5, 0.6) is 0 Å². The lowest BCUT2D eigenvalue weighted by Gasteiger charge is -2.29. The topological polar surface area (TPSA) is 105 Å². The fourth-order valence-corrected chi connectivity index (χ4v) is 5.36. The number of fused-ring (bicyclic) bond motifs is 3. The molecule has 0 saturated heterocycles. The first-order valence-electron chi connectivity index (χ1n) is 12.0. The van der Waals surface area contributed by atoms with E-state index in [0.717, 1.165) is 35.1 Å². The Bertz CT molecular complexity index is 1010. The van der Waals surface area contributed by atoms with E-state index in [-0.39, 0.29) is 37.3 Å². The lowest BCUT2D eigenvalue weighted by atomic mass is 9.92. The van der Waals surface area contributed by atoms with Crippen LogP contribution in [0, 0.1) is 0 Å². The van der Waals surface area contributed by atoms with Crippen molar-refractivity contribution in [1.82, 2.24) is 10.6 Å². The van der Waals surface area contributed by atoms with Crippen LogP contribution in [0.2, 0.25) is 0 Å². The number of carbonyl (C=O) groups is 3. The van der Waals surface area contributed by atoms with Gasteiger partial charge in [-0.2, -0.15) is 0 Å². The Morgan fingerprint density at radius 1 is 1.03 bits per heavy atom. The monoisotopic (exact) mass is 464 g/mol. The standard InChI is InChI=1S/C27H32N2O5/c1-2-18(15-24(30)29-27(16-25(31)32)13-7-8-14-27)28-26(33)34-17-23-21-11-5-3-9-19(21)20-10-4-6-12-22(20)23/h3-6,9-12,18,23H,2,7-8,13-17H2,1H3,(H,28,33)(H,29,30)(H,31,32). The van der Waals surface area contributed by atoms with E-state index in [0.29, 0.717) is 19.3 Å². The Kier molecular flexibility index (Phi) is 7.20. The number of alkyl carbamates (subject to hydrolysis) is 1. The fourth-order valence-electron chi connectivity index (χ4n) is 5.36. The molecule has 2 amide bonds. The highest BCUT2D eigenvalue weighted by Gasteiger charge is 2.37. The molecule has 2 aliphatic carbocycles. The highest BCUT2D eigenvalue weighted by molar-refractivity contribution is 5.80. The van der Waals surface area contributed by atoms with Crippen LogP contribution in [0.4, 0.5) is 4.79 Å². The molecule has 0 spiro atoms. The Labute approximate surface area is 199 Å². The SMILES string of the molecule is CCC(CC(=O)NC1(CC(=O)O)CCCC1)NC(=O)OCC1c2ccccc2-c2ccccc21. The molecule has 7 nitrogen and oxygen atoms in total. The summed E-state index contributed by atoms with van der Waals surface area (Å²) in [7, 11) is 0. The lowest BCUT2D eigenvalue weighted by Crippen LogP contribution is -2.49. The van der Waals surface area contributed by atoms with E-state index >= 15 is 0 Å². The molecule has 0 heterocycles. The van der Waals surface area contributed by atoms with Gasteiger partial charge in [-0.05, 0) is 41.5 Å². The molecular weight excluding hydrogens is 432 g/mol. The van der Waals surface area contributed by atoms with Gasteiger partial charge < -0.3 is 20.5 Å². The maximum Gasteiger partial charge on any atom is 0.407 e. The van der Waals surface area contributed by atoms with Gasteiger partial charge >= 0.3 is 12.1 Å². The van der Waals surface area contributed by atoms with Gasteiger partial charge in [-0.1, -0.05) is 68.3 Å². The van der Waals surface area contributed by atoms with E-state index in [1.165, 1.54) is 0 Å². The third-order valence-electron chi connectivity index (χ3n) is 7.05. The number of carbonyl (C=O) groups excluding carboxylic acids is 2. The predicted octanol–water partition coefficient (Wildman–Crippen LogP) is 4.60. The number of hydrogen-bond acceptors (Lipinski definition) is 4. The normalized spacial score (nSPS) is 16.9. The lowest BCUT2D eigenvalue weighted by molar-refractivity contribution is -0.139. The third-order valence-corrected chi connectivity index (χ3v) is 7.05. The molecule has 34 heavy (non-hydrogen) atoms. The third kappa shape index (κ3) is 5.24. The van der Waals surface area contributed by atoms with Crippen LogP contribution < -0.4 is 10.6 Å². The summed E-state index contributed by atoms with van der Waals surface area (Å²) in [6.07, 6.45) is 3.16. The Morgan fingerprint density at radius 3 is 2.18 bits per heavy atom. The van der Waals surface area contributed by atoms with Crippen molar-refractivity contribution in [2.24, 2.45) is 0 Å². The largest absolute Gasteiger partial charge is 0.481 e. The first kappa shape index (κ1) is 23.8. The van der Waals surface area contributed by atoms with E-state index in [1.54, 1.807) is 0 Å². The van der Waals surface area contributed by atoms with Crippen LogP contribution in [0.1, 0.15) is 68.9 Å². The minimum atomic E-state index is -0.911. The van der Waals surface area contributed by atoms with Gasteiger partial charge in [-0.25, -0.2) is 4.79 Å². The highest BCUT2D eigenvalue weighted by atomic mass is 16.5. The van der Waals surface area contributed by atoms with E-state index in [2.05, 4.69) is 34.9 Å². The number of hydrogen-bond donors (Lipinski definition) is 3. The average Bonchev–Trinajstić information content (AvgIpc) is 3.39. The van der Waals surface area contributed by atoms with Gasteiger partial charge in [0.15, 0.2) is 0 Å². The highest BCUT2D eigenvalue weighted by Crippen LogP contribution is 2.44. The van der Waals surface area contributed by atoms with E-state index in [9.17, 15) is 19.5 Å². The maximum absolute atomic E-state index is 12.7. The van der Waals surface area contributed by atoms with Gasteiger partial charge in [0.1, 0.15) is 6.61 Å². The number of benzene rings is 2. The number of aliphatic carboxylic acids is 1. The molecule has 2 aromatic carbocycles. The molecule has 1 atom stereocenters. The predicted molar refractivity (Wildman–Crippen MR) is 128 cm³/mol. The number of amides is 2. The summed E-state index contributed by atoms with van der Waals surface area (Å²) in [4.78, 5) is 36.5. The number of carboxylic acid groups (broad SMARTS) is 1. The summed E-state index contributed by atoms with van der Waals surface area (Å²) >= 11 is 0. The summed E-state index contributed by atoms with van der Waals surface area (Å²) in [6.45, 7) is 2.11. The molecule has 7 heteroatoms. The van der Waals surface area contributed by atoms with Crippen molar-refractivity contribution < 1.29 is 24.2 Å². The van der Waals surface area contributed by atoms with Crippen molar-refractivity contribution >= 4 is 18.0 Å². The van der Waals surface area contributed by atoms with Gasteiger partial charge in [0.25, 0.3) is 0 Å². The van der Waals surface area contributed by atoms with Crippen molar-refractivity contribution in [2.45, 2.75) is 69.4 Å². The molecule has 3 N–H and O–H groups in total. The first-order chi connectivity index (χ1) is 16.4. The summed E-state index contributed by atoms with van der Waals surface area (Å²) < 4.78 is 5.60. The van der Waals surface area contributed by atoms with Crippen molar-refractivity contribution in [3.05, 3.63) is 59.7 Å². The average molecular weight is 465 g/mol. The number of ether oxygens (including phenoxy) is 1. The molecule has 0 bridgehead atoms. The zero-order valence-electron chi connectivity index (χ0n) is 19.5. The van der Waals surface area contributed by atoms with E-state index in [4.69, 9.17) is 4.74 Å². The summed E-state index contributed by atoms with van der Waals surface area (Å²) in [5, 5.41) is 15.0. The Morgan fingerprint density at radius 2 is 1.62 bits per heavy atom. The molecule has 1 saturated carbocycles. The summed E-state index contributed by atoms with van der Waals surface area (Å²) in [5.74, 6) is -1.18. The van der Waals surface area contributed by atoms with Crippen LogP contribution in [-0.2, 0) is 14.3 Å². The van der Waals surface area contributed by atoms with Gasteiger partial charge in [-0.15, -0.1) is 0 Å². The second-order valence-electron chi connectivity index (χ2n) is 9.39. The number of nitrogens with one attached hydrogen (secondary N) is 2. The van der Waals surface area contributed by atoms with Crippen molar-refractivity contribution in [1.29, 1.82) is 0 Å². The zero-order valence-corrected chi connectivity index (χ0v) is 19.5. The van der Waals surface area contributed by atoms with Crippen molar-refractivity contribution in [3.8, 4) is 11.1 Å². The van der Waals surface area contributed by atoms with Gasteiger partial charge in [0, 0.05) is 18.4 Å². The molecule has 2 aromatic rings. The maximum atomic E-state index is 12.7. The quantitative estimate of drug-likeness (QED) is 0.503. The molecule has 0 aliphatic heterocycles. The molecule has 4 rings (SSSR count). The van der Waals surface area contributed by atoms with Crippen LogP contribution in [0.25, 0.3) is 11.1 Å². The number of carboxylic acids is 1. The molecule has 0 aromatic heterocycles. The second kappa shape index (κ2) is 10.3. The molecule has 0 radical (unpaired) electrons. The minimum absolute atomic E-state index is 0.0280. The Balaban J connectivity index is 1.33. The molecular formula is C27H32N2O5. The molecule has 2 aliphatic rings. The second-order valence-corrected chi connectivity index (χ2v) is 9.39.